The number of nitrogens with one attached hydrogen (secondary N) is 1. The molecule has 0 fully saturated rings. The summed E-state index contributed by atoms with van der Waals surface area (Å²) >= 11 is 0. The number of halogens is 1. The first-order valence-electron chi connectivity index (χ1n) is 7.70. The van der Waals surface area contributed by atoms with Crippen molar-refractivity contribution < 1.29 is 8.81 Å². The summed E-state index contributed by atoms with van der Waals surface area (Å²) in [4.78, 5) is 12.0. The number of hydrogen-bond acceptors (Lipinski definition) is 6. The highest BCUT2D eigenvalue weighted by Gasteiger charge is 2.24. The third-order valence-corrected chi connectivity index (χ3v) is 3.65. The van der Waals surface area contributed by atoms with Crippen LogP contribution in [0.4, 0.5) is 16.3 Å². The van der Waals surface area contributed by atoms with Crippen LogP contribution in [0.5, 0.6) is 0 Å². The van der Waals surface area contributed by atoms with Gasteiger partial charge in [0.05, 0.1) is 6.04 Å². The molecule has 3 rings (SSSR count). The molecule has 0 radical (unpaired) electrons. The zero-order valence-corrected chi connectivity index (χ0v) is 14.1. The molecule has 1 atom stereocenters. The fourth-order valence-electron chi connectivity index (χ4n) is 2.36. The quantitative estimate of drug-likeness (QED) is 0.755. The van der Waals surface area contributed by atoms with Crippen molar-refractivity contribution in [2.75, 3.05) is 11.1 Å². The fraction of sp³-hybridized carbons (Fsp3) is 0.353. The van der Waals surface area contributed by atoms with E-state index in [-0.39, 0.29) is 23.8 Å². The van der Waals surface area contributed by atoms with E-state index in [0.717, 1.165) is 22.3 Å². The number of benzene rings is 1. The molecule has 3 N–H and O–H groups in total. The SMILES string of the molecule is Cc1ccc2cc(C(C)Nc3nc(N)nc(C(C)(C)F)n3)oc2c1. The molecule has 1 unspecified atom stereocenters. The van der Waals surface area contributed by atoms with Crippen molar-refractivity contribution in [2.45, 2.75) is 39.4 Å². The highest BCUT2D eigenvalue weighted by atomic mass is 19.1. The number of nitrogen functional groups attached to an aromatic ring is 1. The number of rotatable bonds is 4. The number of alkyl halides is 1. The van der Waals surface area contributed by atoms with Crippen LogP contribution in [0.2, 0.25) is 0 Å². The van der Waals surface area contributed by atoms with E-state index >= 15 is 0 Å². The van der Waals surface area contributed by atoms with Gasteiger partial charge >= 0.3 is 0 Å². The summed E-state index contributed by atoms with van der Waals surface area (Å²) in [5.74, 6) is 0.911. The van der Waals surface area contributed by atoms with Crippen LogP contribution >= 0.6 is 0 Å². The molecular formula is C17H20FN5O. The minimum Gasteiger partial charge on any atom is -0.459 e. The molecule has 2 aromatic heterocycles. The molecule has 0 amide bonds. The maximum Gasteiger partial charge on any atom is 0.228 e. The first kappa shape index (κ1) is 16.2. The summed E-state index contributed by atoms with van der Waals surface area (Å²) in [6.07, 6.45) is 0. The molecule has 2 heterocycles. The second kappa shape index (κ2) is 5.74. The summed E-state index contributed by atoms with van der Waals surface area (Å²) in [6.45, 7) is 6.66. The van der Waals surface area contributed by atoms with E-state index in [4.69, 9.17) is 10.2 Å². The Labute approximate surface area is 139 Å². The lowest BCUT2D eigenvalue weighted by Gasteiger charge is -2.16. The minimum atomic E-state index is -1.70. The van der Waals surface area contributed by atoms with Crippen LogP contribution in [-0.4, -0.2) is 15.0 Å². The molecule has 0 aliphatic heterocycles. The first-order chi connectivity index (χ1) is 11.2. The normalized spacial score (nSPS) is 13.2. The smallest absolute Gasteiger partial charge is 0.228 e. The van der Waals surface area contributed by atoms with E-state index in [0.29, 0.717) is 0 Å². The fourth-order valence-corrected chi connectivity index (χ4v) is 2.36. The van der Waals surface area contributed by atoms with Crippen molar-refractivity contribution in [3.8, 4) is 0 Å². The number of nitrogens with zero attached hydrogens (tertiary/aromatic N) is 3. The Kier molecular flexibility index (Phi) is 3.87. The second-order valence-electron chi connectivity index (χ2n) is 6.37. The summed E-state index contributed by atoms with van der Waals surface area (Å²) in [7, 11) is 0. The van der Waals surface area contributed by atoms with Gasteiger partial charge in [0.1, 0.15) is 11.3 Å². The summed E-state index contributed by atoms with van der Waals surface area (Å²) < 4.78 is 19.9. The van der Waals surface area contributed by atoms with Crippen molar-refractivity contribution >= 4 is 22.9 Å². The number of nitrogens with two attached hydrogens (primary N) is 1. The van der Waals surface area contributed by atoms with Gasteiger partial charge in [0.15, 0.2) is 11.5 Å². The topological polar surface area (TPSA) is 89.9 Å². The average molecular weight is 329 g/mol. The Morgan fingerprint density at radius 1 is 1.21 bits per heavy atom. The number of aromatic nitrogens is 3. The van der Waals surface area contributed by atoms with Crippen molar-refractivity contribution in [3.63, 3.8) is 0 Å². The maximum absolute atomic E-state index is 14.1. The lowest BCUT2D eigenvalue weighted by Crippen LogP contribution is -2.19. The van der Waals surface area contributed by atoms with Gasteiger partial charge in [-0.1, -0.05) is 12.1 Å². The summed E-state index contributed by atoms with van der Waals surface area (Å²) in [5, 5.41) is 4.10. The number of fused-ring (bicyclic) bond motifs is 1. The van der Waals surface area contributed by atoms with Gasteiger partial charge in [0.2, 0.25) is 11.9 Å². The number of hydrogen-bond donors (Lipinski definition) is 2. The summed E-state index contributed by atoms with van der Waals surface area (Å²) in [6, 6.07) is 7.76. The summed E-state index contributed by atoms with van der Waals surface area (Å²) in [5.41, 5.74) is 5.90. The van der Waals surface area contributed by atoms with Gasteiger partial charge < -0.3 is 15.5 Å². The molecule has 0 aliphatic rings. The van der Waals surface area contributed by atoms with Crippen LogP contribution < -0.4 is 11.1 Å². The molecule has 0 spiro atoms. The van der Waals surface area contributed by atoms with Gasteiger partial charge in [-0.15, -0.1) is 0 Å². The van der Waals surface area contributed by atoms with Gasteiger partial charge in [0, 0.05) is 5.39 Å². The van der Waals surface area contributed by atoms with Crippen LogP contribution in [0.15, 0.2) is 28.7 Å². The second-order valence-corrected chi connectivity index (χ2v) is 6.37. The monoisotopic (exact) mass is 329 g/mol. The minimum absolute atomic E-state index is 0.00932. The van der Waals surface area contributed by atoms with E-state index in [1.807, 2.05) is 38.1 Å². The maximum atomic E-state index is 14.1. The number of aryl methyl sites for hydroxylation is 1. The largest absolute Gasteiger partial charge is 0.459 e. The lowest BCUT2D eigenvalue weighted by atomic mass is 10.1. The van der Waals surface area contributed by atoms with Crippen LogP contribution in [-0.2, 0) is 5.67 Å². The molecule has 0 saturated carbocycles. The molecular weight excluding hydrogens is 309 g/mol. The van der Waals surface area contributed by atoms with Crippen LogP contribution in [0.3, 0.4) is 0 Å². The molecule has 3 aromatic rings. The standard InChI is InChI=1S/C17H20FN5O/c1-9-5-6-11-8-12(24-13(11)7-9)10(2)20-16-22-14(17(3,4)18)21-15(19)23-16/h5-8,10H,1-4H3,(H3,19,20,21,22,23). The van der Waals surface area contributed by atoms with Gasteiger partial charge in [-0.2, -0.15) is 15.0 Å². The third-order valence-electron chi connectivity index (χ3n) is 3.65. The average Bonchev–Trinajstić information content (AvgIpc) is 2.88. The first-order valence-corrected chi connectivity index (χ1v) is 7.70. The highest BCUT2D eigenvalue weighted by molar-refractivity contribution is 5.78. The Morgan fingerprint density at radius 3 is 2.67 bits per heavy atom. The number of anilines is 2. The van der Waals surface area contributed by atoms with Gasteiger partial charge in [-0.25, -0.2) is 4.39 Å². The van der Waals surface area contributed by atoms with E-state index in [1.165, 1.54) is 13.8 Å². The molecule has 0 bridgehead atoms. The van der Waals surface area contributed by atoms with Crippen molar-refractivity contribution in [3.05, 3.63) is 41.4 Å². The van der Waals surface area contributed by atoms with E-state index in [2.05, 4.69) is 20.3 Å². The Hall–Kier alpha value is -2.70. The molecule has 0 aliphatic carbocycles. The molecule has 6 nitrogen and oxygen atoms in total. The third kappa shape index (κ3) is 3.29. The van der Waals surface area contributed by atoms with E-state index in [1.54, 1.807) is 0 Å². The molecule has 1 aromatic carbocycles. The Morgan fingerprint density at radius 2 is 1.96 bits per heavy atom. The highest BCUT2D eigenvalue weighted by Crippen LogP contribution is 2.27. The van der Waals surface area contributed by atoms with E-state index in [9.17, 15) is 4.39 Å². The van der Waals surface area contributed by atoms with Crippen LogP contribution in [0, 0.1) is 6.92 Å². The Balaban J connectivity index is 1.88. The van der Waals surface area contributed by atoms with Crippen molar-refractivity contribution in [1.29, 1.82) is 0 Å². The zero-order valence-electron chi connectivity index (χ0n) is 14.1. The zero-order chi connectivity index (χ0) is 17.5. The van der Waals surface area contributed by atoms with Gasteiger partial charge in [-0.3, -0.25) is 0 Å². The molecule has 24 heavy (non-hydrogen) atoms. The predicted molar refractivity (Wildman–Crippen MR) is 91.4 cm³/mol. The van der Waals surface area contributed by atoms with Crippen LogP contribution in [0.25, 0.3) is 11.0 Å². The van der Waals surface area contributed by atoms with Gasteiger partial charge in [-0.05, 0) is 45.4 Å². The predicted octanol–water partition coefficient (Wildman–Crippen LogP) is 3.89. The molecule has 7 heteroatoms. The molecule has 0 saturated heterocycles. The van der Waals surface area contributed by atoms with Crippen molar-refractivity contribution in [2.24, 2.45) is 0 Å². The Bertz CT molecular complexity index is 884. The van der Waals surface area contributed by atoms with Gasteiger partial charge in [0.25, 0.3) is 0 Å². The van der Waals surface area contributed by atoms with E-state index < -0.39 is 5.67 Å². The number of furan rings is 1. The lowest BCUT2D eigenvalue weighted by molar-refractivity contribution is 0.206. The van der Waals surface area contributed by atoms with Crippen LogP contribution in [0.1, 0.15) is 44.0 Å². The molecule has 126 valence electrons. The van der Waals surface area contributed by atoms with Crippen molar-refractivity contribution in [1.82, 2.24) is 15.0 Å².